The lowest BCUT2D eigenvalue weighted by molar-refractivity contribution is 0.0993. The first-order valence-corrected chi connectivity index (χ1v) is 9.96. The summed E-state index contributed by atoms with van der Waals surface area (Å²) < 4.78 is 12.0. The molecule has 3 aromatic carbocycles. The molecule has 0 saturated heterocycles. The summed E-state index contributed by atoms with van der Waals surface area (Å²) in [6.45, 7) is 7.22. The van der Waals surface area contributed by atoms with E-state index in [0.717, 1.165) is 38.9 Å². The number of rotatable bonds is 6. The monoisotopic (exact) mass is 391 g/mol. The molecule has 0 aliphatic carbocycles. The zero-order chi connectivity index (χ0) is 20.5. The zero-order valence-electron chi connectivity index (χ0n) is 17.0. The van der Waals surface area contributed by atoms with Crippen LogP contribution in [0.15, 0.2) is 42.5 Å². The van der Waals surface area contributed by atoms with E-state index in [1.807, 2.05) is 63.2 Å². The maximum atomic E-state index is 13.5. The van der Waals surface area contributed by atoms with Crippen molar-refractivity contribution in [3.05, 3.63) is 64.7 Å². The molecule has 1 N–H and O–H groups in total. The number of carbonyl (C=O) groups excluding carboxylic acids is 1. The number of hydrogen-bond donors (Lipinski definition) is 1. The molecule has 0 unspecified atom stereocenters. The van der Waals surface area contributed by atoms with Crippen molar-refractivity contribution < 1.29 is 19.4 Å². The quantitative estimate of drug-likeness (QED) is 0.667. The van der Waals surface area contributed by atoms with E-state index in [1.165, 1.54) is 0 Å². The van der Waals surface area contributed by atoms with E-state index < -0.39 is 0 Å². The molecule has 5 heteroatoms. The summed E-state index contributed by atoms with van der Waals surface area (Å²) in [7, 11) is 0. The Morgan fingerprint density at radius 2 is 1.66 bits per heavy atom. The number of amides is 1. The lowest BCUT2D eigenvalue weighted by Gasteiger charge is -2.19. The number of aryl methyl sites for hydroxylation is 1. The summed E-state index contributed by atoms with van der Waals surface area (Å²) in [5, 5.41) is 11.2. The molecule has 0 radical (unpaired) electrons. The number of nitrogens with zero attached hydrogens (tertiary/aromatic N) is 1. The van der Waals surface area contributed by atoms with Gasteiger partial charge in [-0.3, -0.25) is 4.79 Å². The molecule has 1 amide bonds. The van der Waals surface area contributed by atoms with Gasteiger partial charge in [0.25, 0.3) is 5.91 Å². The number of aliphatic hydroxyl groups excluding tert-OH is 1. The third-order valence-corrected chi connectivity index (χ3v) is 5.31. The highest BCUT2D eigenvalue weighted by Gasteiger charge is 2.37. The van der Waals surface area contributed by atoms with Crippen LogP contribution in [0.5, 0.6) is 11.5 Å². The topological polar surface area (TPSA) is 59.0 Å². The molecule has 150 valence electrons. The second kappa shape index (κ2) is 7.76. The van der Waals surface area contributed by atoms with Crippen LogP contribution < -0.4 is 14.4 Å². The van der Waals surface area contributed by atoms with Crippen molar-refractivity contribution in [1.82, 2.24) is 0 Å². The second-order valence-electron chi connectivity index (χ2n) is 7.09. The van der Waals surface area contributed by atoms with Crippen LogP contribution in [-0.4, -0.2) is 24.2 Å². The van der Waals surface area contributed by atoms with Crippen molar-refractivity contribution >= 4 is 22.4 Å². The van der Waals surface area contributed by atoms with Crippen molar-refractivity contribution in [2.45, 2.75) is 33.9 Å². The van der Waals surface area contributed by atoms with Crippen LogP contribution in [0.1, 0.15) is 40.9 Å². The van der Waals surface area contributed by atoms with E-state index in [0.29, 0.717) is 31.1 Å². The lowest BCUT2D eigenvalue weighted by Crippen LogP contribution is -2.24. The Morgan fingerprint density at radius 3 is 2.28 bits per heavy atom. The Kier molecular flexibility index (Phi) is 5.16. The Morgan fingerprint density at radius 1 is 1.00 bits per heavy atom. The minimum Gasteiger partial charge on any atom is -0.493 e. The van der Waals surface area contributed by atoms with Gasteiger partial charge in [-0.1, -0.05) is 36.4 Å². The van der Waals surface area contributed by atoms with Crippen molar-refractivity contribution in [3.8, 4) is 11.5 Å². The zero-order valence-corrected chi connectivity index (χ0v) is 17.0. The second-order valence-corrected chi connectivity index (χ2v) is 7.09. The number of anilines is 1. The summed E-state index contributed by atoms with van der Waals surface area (Å²) >= 11 is 0. The molecule has 0 bridgehead atoms. The molecular weight excluding hydrogens is 366 g/mol. The van der Waals surface area contributed by atoms with E-state index in [2.05, 4.69) is 0 Å². The SMILES string of the molecule is CCOc1c2c(c(OCC)c3ccccc13)C(=O)N(c1ccc(CO)cc1C)C2. The first kappa shape index (κ1) is 19.3. The van der Waals surface area contributed by atoms with Gasteiger partial charge >= 0.3 is 0 Å². The van der Waals surface area contributed by atoms with Gasteiger partial charge in [0, 0.05) is 22.0 Å². The predicted molar refractivity (Wildman–Crippen MR) is 114 cm³/mol. The number of ether oxygens (including phenoxy) is 2. The molecule has 0 aromatic heterocycles. The lowest BCUT2D eigenvalue weighted by atomic mass is 9.99. The third-order valence-electron chi connectivity index (χ3n) is 5.31. The van der Waals surface area contributed by atoms with Gasteiger partial charge in [0.2, 0.25) is 0 Å². The molecule has 4 rings (SSSR count). The van der Waals surface area contributed by atoms with Crippen molar-refractivity contribution in [2.75, 3.05) is 18.1 Å². The van der Waals surface area contributed by atoms with Gasteiger partial charge in [0.15, 0.2) is 0 Å². The highest BCUT2D eigenvalue weighted by atomic mass is 16.5. The van der Waals surface area contributed by atoms with Crippen molar-refractivity contribution in [1.29, 1.82) is 0 Å². The van der Waals surface area contributed by atoms with Gasteiger partial charge in [-0.05, 0) is 38.0 Å². The molecule has 0 atom stereocenters. The fraction of sp³-hybridized carbons (Fsp3) is 0.292. The number of hydrogen-bond acceptors (Lipinski definition) is 4. The number of fused-ring (bicyclic) bond motifs is 2. The van der Waals surface area contributed by atoms with Crippen molar-refractivity contribution in [3.63, 3.8) is 0 Å². The highest BCUT2D eigenvalue weighted by molar-refractivity contribution is 6.17. The van der Waals surface area contributed by atoms with Gasteiger partial charge in [0.05, 0.1) is 31.9 Å². The normalized spacial score (nSPS) is 13.1. The first-order chi connectivity index (χ1) is 14.1. The maximum Gasteiger partial charge on any atom is 0.262 e. The van der Waals surface area contributed by atoms with Crippen LogP contribution in [0.25, 0.3) is 10.8 Å². The van der Waals surface area contributed by atoms with Gasteiger partial charge in [-0.25, -0.2) is 0 Å². The molecular formula is C24H25NO4. The molecule has 1 aliphatic heterocycles. The largest absolute Gasteiger partial charge is 0.493 e. The Labute approximate surface area is 170 Å². The minimum absolute atomic E-state index is 0.0241. The van der Waals surface area contributed by atoms with Crippen LogP contribution in [-0.2, 0) is 13.2 Å². The molecule has 1 heterocycles. The minimum atomic E-state index is -0.0880. The fourth-order valence-corrected chi connectivity index (χ4v) is 4.09. The Balaban J connectivity index is 1.93. The van der Waals surface area contributed by atoms with Gasteiger partial charge < -0.3 is 19.5 Å². The van der Waals surface area contributed by atoms with Gasteiger partial charge in [-0.2, -0.15) is 0 Å². The predicted octanol–water partition coefficient (Wildman–Crippen LogP) is 4.60. The molecule has 0 fully saturated rings. The summed E-state index contributed by atoms with van der Waals surface area (Å²) in [6, 6.07) is 13.6. The maximum absolute atomic E-state index is 13.5. The molecule has 3 aromatic rings. The van der Waals surface area contributed by atoms with Crippen molar-refractivity contribution in [2.24, 2.45) is 0 Å². The summed E-state index contributed by atoms with van der Waals surface area (Å²) in [5.74, 6) is 1.29. The molecule has 29 heavy (non-hydrogen) atoms. The Hall–Kier alpha value is -3.05. The number of carbonyl (C=O) groups is 1. The summed E-state index contributed by atoms with van der Waals surface area (Å²) in [6.07, 6.45) is 0. The van der Waals surface area contributed by atoms with E-state index in [9.17, 15) is 9.90 Å². The Bertz CT molecular complexity index is 1090. The van der Waals surface area contributed by atoms with Gasteiger partial charge in [-0.15, -0.1) is 0 Å². The molecule has 0 saturated carbocycles. The smallest absolute Gasteiger partial charge is 0.262 e. The van der Waals surface area contributed by atoms with Crippen LogP contribution in [0.2, 0.25) is 0 Å². The fourth-order valence-electron chi connectivity index (χ4n) is 4.09. The average molecular weight is 391 g/mol. The molecule has 0 spiro atoms. The molecule has 1 aliphatic rings. The number of aliphatic hydroxyl groups is 1. The molecule has 5 nitrogen and oxygen atoms in total. The third kappa shape index (κ3) is 3.12. The van der Waals surface area contributed by atoms with Crippen LogP contribution in [0.3, 0.4) is 0 Å². The van der Waals surface area contributed by atoms with E-state index in [-0.39, 0.29) is 12.5 Å². The van der Waals surface area contributed by atoms with Gasteiger partial charge in [0.1, 0.15) is 11.5 Å². The highest BCUT2D eigenvalue weighted by Crippen LogP contribution is 2.46. The van der Waals surface area contributed by atoms with E-state index in [4.69, 9.17) is 9.47 Å². The van der Waals surface area contributed by atoms with Crippen LogP contribution >= 0.6 is 0 Å². The summed E-state index contributed by atoms with van der Waals surface area (Å²) in [4.78, 5) is 15.3. The summed E-state index contributed by atoms with van der Waals surface area (Å²) in [5.41, 5.74) is 4.05. The first-order valence-electron chi connectivity index (χ1n) is 9.96. The van der Waals surface area contributed by atoms with E-state index in [1.54, 1.807) is 4.90 Å². The number of benzene rings is 3. The van der Waals surface area contributed by atoms with Crippen LogP contribution in [0, 0.1) is 6.92 Å². The average Bonchev–Trinajstić information content (AvgIpc) is 3.07. The van der Waals surface area contributed by atoms with Crippen LogP contribution in [0.4, 0.5) is 5.69 Å². The standard InChI is InChI=1S/C24H25NO4/c1-4-28-22-17-8-6-7-9-18(17)23(29-5-2)21-19(22)13-25(24(21)27)20-11-10-16(14-26)12-15(20)3/h6-12,26H,4-5,13-14H2,1-3H3. The van der Waals surface area contributed by atoms with E-state index >= 15 is 0 Å².